The Morgan fingerprint density at radius 3 is 3.21 bits per heavy atom. The first-order valence-electron chi connectivity index (χ1n) is 4.88. The minimum absolute atomic E-state index is 0.619. The van der Waals surface area contributed by atoms with Crippen molar-refractivity contribution in [3.05, 3.63) is 28.5 Å². The molecule has 1 aliphatic rings. The summed E-state index contributed by atoms with van der Waals surface area (Å²) in [7, 11) is 0. The van der Waals surface area contributed by atoms with E-state index in [9.17, 15) is 0 Å². The topological polar surface area (TPSA) is 37.0 Å². The molecule has 1 aliphatic heterocycles. The predicted molar refractivity (Wildman–Crippen MR) is 60.1 cm³/mol. The maximum Gasteiger partial charge on any atom is 0.0410 e. The molecule has 0 saturated carbocycles. The summed E-state index contributed by atoms with van der Waals surface area (Å²) in [5.74, 6) is 0. The number of hydrogen-bond donors (Lipinski definition) is 2. The Morgan fingerprint density at radius 2 is 2.50 bits per heavy atom. The second-order valence-electron chi connectivity index (χ2n) is 3.58. The van der Waals surface area contributed by atoms with Crippen molar-refractivity contribution < 1.29 is 0 Å². The second-order valence-corrected chi connectivity index (χ2v) is 4.50. The van der Waals surface area contributed by atoms with Crippen molar-refractivity contribution in [1.29, 1.82) is 0 Å². The van der Waals surface area contributed by atoms with Crippen LogP contribution in [-0.4, -0.2) is 24.1 Å². The van der Waals surface area contributed by atoms with E-state index in [-0.39, 0.29) is 0 Å². The van der Waals surface area contributed by atoms with Gasteiger partial charge in [-0.2, -0.15) is 0 Å². The van der Waals surface area contributed by atoms with Crippen molar-refractivity contribution in [3.63, 3.8) is 0 Å². The average Bonchev–Trinajstić information content (AvgIpc) is 2.67. The smallest absolute Gasteiger partial charge is 0.0410 e. The van der Waals surface area contributed by atoms with Gasteiger partial charge >= 0.3 is 0 Å². The molecule has 0 aliphatic carbocycles. The van der Waals surface area contributed by atoms with E-state index >= 15 is 0 Å². The van der Waals surface area contributed by atoms with Crippen LogP contribution in [0.2, 0.25) is 0 Å². The fourth-order valence-corrected chi connectivity index (χ4v) is 2.06. The molecule has 0 radical (unpaired) electrons. The Balaban J connectivity index is 1.85. The molecule has 0 amide bonds. The van der Waals surface area contributed by atoms with E-state index in [4.69, 9.17) is 0 Å². The van der Waals surface area contributed by atoms with E-state index in [1.165, 1.54) is 12.0 Å². The number of hydrogen-bond acceptors (Lipinski definition) is 3. The summed E-state index contributed by atoms with van der Waals surface area (Å²) in [4.78, 5) is 4.13. The molecule has 14 heavy (non-hydrogen) atoms. The highest BCUT2D eigenvalue weighted by Crippen LogP contribution is 2.09. The van der Waals surface area contributed by atoms with E-state index in [0.29, 0.717) is 6.04 Å². The number of aromatic nitrogens is 1. The lowest BCUT2D eigenvalue weighted by molar-refractivity contribution is 0.546. The van der Waals surface area contributed by atoms with Crippen molar-refractivity contribution in [2.75, 3.05) is 13.1 Å². The molecule has 1 saturated heterocycles. The van der Waals surface area contributed by atoms with E-state index in [1.54, 1.807) is 6.20 Å². The van der Waals surface area contributed by atoms with Crippen LogP contribution in [0.3, 0.4) is 0 Å². The lowest BCUT2D eigenvalue weighted by Gasteiger charge is -2.10. The van der Waals surface area contributed by atoms with E-state index < -0.39 is 0 Å². The van der Waals surface area contributed by atoms with Gasteiger partial charge in [0.15, 0.2) is 0 Å². The fourth-order valence-electron chi connectivity index (χ4n) is 1.64. The molecular formula is C10H14BrN3. The maximum atomic E-state index is 4.13. The lowest BCUT2D eigenvalue weighted by Crippen LogP contribution is -2.30. The molecule has 76 valence electrons. The Kier molecular flexibility index (Phi) is 3.50. The molecule has 1 fully saturated rings. The molecule has 0 spiro atoms. The first kappa shape index (κ1) is 10.1. The molecule has 1 aromatic rings. The SMILES string of the molecule is Brc1cncc(CNC2CCNC2)c1. The average molecular weight is 256 g/mol. The zero-order valence-corrected chi connectivity index (χ0v) is 9.55. The van der Waals surface area contributed by atoms with Crippen LogP contribution in [0.4, 0.5) is 0 Å². The summed E-state index contributed by atoms with van der Waals surface area (Å²) in [5.41, 5.74) is 1.23. The van der Waals surface area contributed by atoms with Gasteiger partial charge in [0.1, 0.15) is 0 Å². The quantitative estimate of drug-likeness (QED) is 0.855. The molecule has 4 heteroatoms. The summed E-state index contributed by atoms with van der Waals surface area (Å²) in [6, 6.07) is 2.72. The number of rotatable bonds is 3. The molecule has 0 bridgehead atoms. The van der Waals surface area contributed by atoms with Gasteiger partial charge in [0.2, 0.25) is 0 Å². The van der Waals surface area contributed by atoms with Crippen molar-refractivity contribution >= 4 is 15.9 Å². The van der Waals surface area contributed by atoms with Crippen molar-refractivity contribution in [1.82, 2.24) is 15.6 Å². The van der Waals surface area contributed by atoms with Crippen LogP contribution in [0.15, 0.2) is 22.9 Å². The Labute approximate surface area is 92.4 Å². The summed E-state index contributed by atoms with van der Waals surface area (Å²) >= 11 is 3.41. The molecule has 1 unspecified atom stereocenters. The number of nitrogens with one attached hydrogen (secondary N) is 2. The highest BCUT2D eigenvalue weighted by atomic mass is 79.9. The Hall–Kier alpha value is -0.450. The predicted octanol–water partition coefficient (Wildman–Crippen LogP) is 1.30. The van der Waals surface area contributed by atoms with E-state index in [2.05, 4.69) is 37.6 Å². The third-order valence-electron chi connectivity index (χ3n) is 2.42. The summed E-state index contributed by atoms with van der Waals surface area (Å²) in [6.07, 6.45) is 4.93. The maximum absolute atomic E-state index is 4.13. The molecule has 1 aromatic heterocycles. The monoisotopic (exact) mass is 255 g/mol. The third kappa shape index (κ3) is 2.77. The van der Waals surface area contributed by atoms with Crippen molar-refractivity contribution in [2.24, 2.45) is 0 Å². The summed E-state index contributed by atoms with van der Waals surface area (Å²) < 4.78 is 1.04. The van der Waals surface area contributed by atoms with E-state index in [0.717, 1.165) is 24.1 Å². The summed E-state index contributed by atoms with van der Waals surface area (Å²) in [6.45, 7) is 3.12. The minimum atomic E-state index is 0.619. The number of pyridine rings is 1. The van der Waals surface area contributed by atoms with Gasteiger partial charge < -0.3 is 10.6 Å². The zero-order chi connectivity index (χ0) is 9.80. The molecule has 2 N–H and O–H groups in total. The van der Waals surface area contributed by atoms with Gasteiger partial charge in [0.05, 0.1) is 0 Å². The Morgan fingerprint density at radius 1 is 1.57 bits per heavy atom. The van der Waals surface area contributed by atoms with Crippen LogP contribution < -0.4 is 10.6 Å². The van der Waals surface area contributed by atoms with Gasteiger partial charge in [0, 0.05) is 36.0 Å². The van der Waals surface area contributed by atoms with Gasteiger partial charge in [0.25, 0.3) is 0 Å². The molecule has 2 heterocycles. The highest BCUT2D eigenvalue weighted by molar-refractivity contribution is 9.10. The molecule has 1 atom stereocenters. The van der Waals surface area contributed by atoms with Gasteiger partial charge in [-0.1, -0.05) is 0 Å². The molecule has 2 rings (SSSR count). The lowest BCUT2D eigenvalue weighted by atomic mass is 10.2. The minimum Gasteiger partial charge on any atom is -0.315 e. The largest absolute Gasteiger partial charge is 0.315 e. The van der Waals surface area contributed by atoms with Crippen LogP contribution in [0.1, 0.15) is 12.0 Å². The van der Waals surface area contributed by atoms with Gasteiger partial charge in [-0.15, -0.1) is 0 Å². The standard InChI is InChI=1S/C10H14BrN3/c11-9-3-8(4-13-6-9)5-14-10-1-2-12-7-10/h3-4,6,10,12,14H,1-2,5,7H2. The van der Waals surface area contributed by atoms with Gasteiger partial charge in [-0.25, -0.2) is 0 Å². The van der Waals surface area contributed by atoms with Crippen molar-refractivity contribution in [2.45, 2.75) is 19.0 Å². The zero-order valence-electron chi connectivity index (χ0n) is 7.96. The Bertz CT molecular complexity index is 297. The van der Waals surface area contributed by atoms with Crippen LogP contribution in [0.25, 0.3) is 0 Å². The second kappa shape index (κ2) is 4.87. The normalized spacial score (nSPS) is 21.4. The highest BCUT2D eigenvalue weighted by Gasteiger charge is 2.12. The first-order valence-corrected chi connectivity index (χ1v) is 5.67. The van der Waals surface area contributed by atoms with Crippen LogP contribution in [0, 0.1) is 0 Å². The van der Waals surface area contributed by atoms with Crippen LogP contribution in [-0.2, 0) is 6.54 Å². The third-order valence-corrected chi connectivity index (χ3v) is 2.85. The fraction of sp³-hybridized carbons (Fsp3) is 0.500. The van der Waals surface area contributed by atoms with Crippen LogP contribution in [0.5, 0.6) is 0 Å². The first-order chi connectivity index (χ1) is 6.84. The number of nitrogens with zero attached hydrogens (tertiary/aromatic N) is 1. The number of halogens is 1. The molecule has 0 aromatic carbocycles. The van der Waals surface area contributed by atoms with Gasteiger partial charge in [-0.05, 0) is 40.5 Å². The molecule has 3 nitrogen and oxygen atoms in total. The van der Waals surface area contributed by atoms with E-state index in [1.807, 2.05) is 6.20 Å². The van der Waals surface area contributed by atoms with Gasteiger partial charge in [-0.3, -0.25) is 4.98 Å². The summed E-state index contributed by atoms with van der Waals surface area (Å²) in [5, 5.41) is 6.83. The van der Waals surface area contributed by atoms with Crippen LogP contribution >= 0.6 is 15.9 Å². The molecular weight excluding hydrogens is 242 g/mol. The van der Waals surface area contributed by atoms with Crippen molar-refractivity contribution in [3.8, 4) is 0 Å².